The van der Waals surface area contributed by atoms with Crippen molar-refractivity contribution in [3.8, 4) is 0 Å². The van der Waals surface area contributed by atoms with Crippen LogP contribution in [0.1, 0.15) is 13.8 Å². The number of carbonyl (C=O) groups excluding carboxylic acids is 2. The summed E-state index contributed by atoms with van der Waals surface area (Å²) in [6.45, 7) is 0.0525. The van der Waals surface area contributed by atoms with Gasteiger partial charge in [0.2, 0.25) is 12.3 Å². The van der Waals surface area contributed by atoms with E-state index >= 15 is 0 Å². The Bertz CT molecular complexity index is 272. The number of hydrogen-bond acceptors (Lipinski definition) is 4. The molecule has 0 aromatic rings. The summed E-state index contributed by atoms with van der Waals surface area (Å²) >= 11 is 1.10. The van der Waals surface area contributed by atoms with Gasteiger partial charge in [0.15, 0.2) is 0 Å². The number of nitrogens with zero attached hydrogens (tertiary/aromatic N) is 2. The molecule has 0 aromatic carbocycles. The molecule has 0 bridgehead atoms. The Morgan fingerprint density at radius 2 is 2.00 bits per heavy atom. The van der Waals surface area contributed by atoms with E-state index in [-0.39, 0.29) is 5.91 Å². The van der Waals surface area contributed by atoms with Gasteiger partial charge in [-0.2, -0.15) is 0 Å². The van der Waals surface area contributed by atoms with Crippen molar-refractivity contribution in [1.29, 1.82) is 0 Å². The van der Waals surface area contributed by atoms with Gasteiger partial charge in [-0.25, -0.2) is 0 Å². The van der Waals surface area contributed by atoms with Crippen LogP contribution < -0.4 is 0 Å². The van der Waals surface area contributed by atoms with E-state index in [1.165, 1.54) is 21.0 Å². The highest BCUT2D eigenvalue weighted by molar-refractivity contribution is 8.56. The van der Waals surface area contributed by atoms with E-state index in [1.54, 1.807) is 0 Å². The molecular weight excluding hydrogens is 223 g/mol. The van der Waals surface area contributed by atoms with Crippen LogP contribution in [-0.2, 0) is 14.2 Å². The summed E-state index contributed by atoms with van der Waals surface area (Å²) in [4.78, 5) is 21.6. The molecule has 7 heteroatoms. The minimum absolute atomic E-state index is 0.317. The van der Waals surface area contributed by atoms with Crippen LogP contribution in [-0.4, -0.2) is 41.5 Å². The fourth-order valence-corrected chi connectivity index (χ4v) is 4.92. The minimum atomic E-state index is -3.09. The van der Waals surface area contributed by atoms with Crippen molar-refractivity contribution in [2.45, 2.75) is 13.8 Å². The highest BCUT2D eigenvalue weighted by Crippen LogP contribution is 2.62. The summed E-state index contributed by atoms with van der Waals surface area (Å²) < 4.78 is 14.4. The molecule has 0 heterocycles. The molecule has 0 fully saturated rings. The van der Waals surface area contributed by atoms with Crippen LogP contribution >= 0.6 is 18.0 Å². The van der Waals surface area contributed by atoms with E-state index in [0.29, 0.717) is 12.2 Å². The van der Waals surface area contributed by atoms with E-state index in [2.05, 4.69) is 0 Å². The van der Waals surface area contributed by atoms with Crippen molar-refractivity contribution >= 4 is 30.3 Å². The Balaban J connectivity index is 4.98. The molecule has 0 saturated heterocycles. The second-order valence-corrected chi connectivity index (χ2v) is 7.88. The van der Waals surface area contributed by atoms with E-state index in [4.69, 9.17) is 0 Å². The summed E-state index contributed by atoms with van der Waals surface area (Å²) in [5, 5.41) is 0. The van der Waals surface area contributed by atoms with Gasteiger partial charge in [-0.15, -0.1) is 0 Å². The quantitative estimate of drug-likeness (QED) is 0.537. The first-order valence-electron chi connectivity index (χ1n) is 4.08. The zero-order valence-corrected chi connectivity index (χ0v) is 10.5. The third-order valence-corrected chi connectivity index (χ3v) is 7.50. The standard InChI is InChI=1S/C7H15N2O3PS/c1-5-14-13(12,8(3)6-10)9(4)7(2)11/h6H,5H2,1-4H3. The van der Waals surface area contributed by atoms with Gasteiger partial charge < -0.3 is 0 Å². The summed E-state index contributed by atoms with van der Waals surface area (Å²) in [6.07, 6.45) is 0.475. The molecule has 0 saturated carbocycles. The molecule has 1 atom stereocenters. The molecule has 14 heavy (non-hydrogen) atoms. The van der Waals surface area contributed by atoms with Crippen LogP contribution in [0, 0.1) is 0 Å². The van der Waals surface area contributed by atoms with Crippen molar-refractivity contribution in [2.75, 3.05) is 19.8 Å². The van der Waals surface area contributed by atoms with E-state index in [0.717, 1.165) is 20.7 Å². The Morgan fingerprint density at radius 3 is 2.29 bits per heavy atom. The first kappa shape index (κ1) is 13.5. The lowest BCUT2D eigenvalue weighted by atomic mass is 10.7. The third kappa shape index (κ3) is 2.75. The van der Waals surface area contributed by atoms with Gasteiger partial charge in [0.1, 0.15) is 0 Å². The van der Waals surface area contributed by atoms with Crippen molar-refractivity contribution in [3.63, 3.8) is 0 Å². The van der Waals surface area contributed by atoms with Crippen molar-refractivity contribution < 1.29 is 14.2 Å². The Hall–Kier alpha value is -0.480. The smallest absolute Gasteiger partial charge is 0.278 e. The van der Waals surface area contributed by atoms with Crippen LogP contribution in [0.4, 0.5) is 0 Å². The number of carbonyl (C=O) groups is 2. The second kappa shape index (κ2) is 5.41. The topological polar surface area (TPSA) is 57.7 Å². The molecule has 5 nitrogen and oxygen atoms in total. The predicted molar refractivity (Wildman–Crippen MR) is 58.0 cm³/mol. The second-order valence-electron chi connectivity index (χ2n) is 2.63. The van der Waals surface area contributed by atoms with Crippen molar-refractivity contribution in [2.24, 2.45) is 0 Å². The van der Waals surface area contributed by atoms with Gasteiger partial charge in [-0.1, -0.05) is 18.3 Å². The maximum atomic E-state index is 12.2. The molecule has 0 aromatic heterocycles. The maximum Gasteiger partial charge on any atom is 0.322 e. The lowest BCUT2D eigenvalue weighted by Gasteiger charge is -2.30. The largest absolute Gasteiger partial charge is 0.322 e. The fourth-order valence-electron chi connectivity index (χ4n) is 0.795. The lowest BCUT2D eigenvalue weighted by Crippen LogP contribution is -2.27. The summed E-state index contributed by atoms with van der Waals surface area (Å²) in [6, 6.07) is 0. The minimum Gasteiger partial charge on any atom is -0.278 e. The summed E-state index contributed by atoms with van der Waals surface area (Å²) in [5.41, 5.74) is 0. The predicted octanol–water partition coefficient (Wildman–Crippen LogP) is 1.41. The highest BCUT2D eigenvalue weighted by Gasteiger charge is 2.34. The average molecular weight is 238 g/mol. The molecule has 0 aliphatic heterocycles. The molecule has 0 radical (unpaired) electrons. The SMILES string of the molecule is CCSP(=O)(N(C)C=O)N(C)C(C)=O. The van der Waals surface area contributed by atoms with Gasteiger partial charge in [-0.3, -0.25) is 23.5 Å². The van der Waals surface area contributed by atoms with E-state index < -0.39 is 6.65 Å². The van der Waals surface area contributed by atoms with E-state index in [1.807, 2.05) is 6.92 Å². The van der Waals surface area contributed by atoms with Gasteiger partial charge in [0, 0.05) is 26.8 Å². The summed E-state index contributed by atoms with van der Waals surface area (Å²) in [7, 11) is 2.85. The Labute approximate surface area is 88.0 Å². The number of rotatable bonds is 5. The zero-order valence-electron chi connectivity index (χ0n) is 8.76. The Kier molecular flexibility index (Phi) is 5.23. The average Bonchev–Trinajstić information content (AvgIpc) is 2.15. The van der Waals surface area contributed by atoms with Gasteiger partial charge in [0.25, 0.3) is 0 Å². The van der Waals surface area contributed by atoms with Gasteiger partial charge >= 0.3 is 6.65 Å². The van der Waals surface area contributed by atoms with Crippen molar-refractivity contribution in [3.05, 3.63) is 0 Å². The van der Waals surface area contributed by atoms with Crippen LogP contribution in [0.5, 0.6) is 0 Å². The number of hydrogen-bond donors (Lipinski definition) is 0. The normalized spacial score (nSPS) is 14.3. The molecule has 0 aliphatic rings. The molecule has 1 unspecified atom stereocenters. The summed E-state index contributed by atoms with van der Waals surface area (Å²) in [5.74, 6) is 0.260. The van der Waals surface area contributed by atoms with Crippen molar-refractivity contribution in [1.82, 2.24) is 9.34 Å². The maximum absolute atomic E-state index is 12.2. The molecule has 0 N–H and O–H groups in total. The van der Waals surface area contributed by atoms with E-state index in [9.17, 15) is 14.2 Å². The molecule has 2 amide bonds. The fraction of sp³-hybridized carbons (Fsp3) is 0.714. The van der Waals surface area contributed by atoms with Crippen LogP contribution in [0.15, 0.2) is 0 Å². The van der Waals surface area contributed by atoms with Crippen LogP contribution in [0.2, 0.25) is 0 Å². The molecule has 0 aliphatic carbocycles. The molecule has 0 rings (SSSR count). The number of amides is 2. The molecular formula is C7H15N2O3PS. The monoisotopic (exact) mass is 238 g/mol. The molecule has 0 spiro atoms. The third-order valence-electron chi connectivity index (χ3n) is 1.68. The van der Waals surface area contributed by atoms with Gasteiger partial charge in [0.05, 0.1) is 0 Å². The zero-order chi connectivity index (χ0) is 11.4. The first-order chi connectivity index (χ1) is 6.40. The lowest BCUT2D eigenvalue weighted by molar-refractivity contribution is -0.123. The van der Waals surface area contributed by atoms with Crippen LogP contribution in [0.25, 0.3) is 0 Å². The van der Waals surface area contributed by atoms with Crippen LogP contribution in [0.3, 0.4) is 0 Å². The Morgan fingerprint density at radius 1 is 1.50 bits per heavy atom. The molecule has 82 valence electrons. The van der Waals surface area contributed by atoms with Gasteiger partial charge in [-0.05, 0) is 0 Å². The highest BCUT2D eigenvalue weighted by atomic mass is 32.7. The first-order valence-corrected chi connectivity index (χ1v) is 7.28.